The van der Waals surface area contributed by atoms with E-state index in [-0.39, 0.29) is 12.2 Å². The van der Waals surface area contributed by atoms with Gasteiger partial charge < -0.3 is 21.3 Å². The normalized spacial score (nSPS) is 14.0. The molecular formula is C11H14F2N2O3. The minimum absolute atomic E-state index is 0.00348. The van der Waals surface area contributed by atoms with Crippen LogP contribution in [0.3, 0.4) is 0 Å². The van der Waals surface area contributed by atoms with Gasteiger partial charge in [0.25, 0.3) is 0 Å². The number of hydrogen-bond donors (Lipinski definition) is 3. The summed E-state index contributed by atoms with van der Waals surface area (Å²) in [6.07, 6.45) is -2.17. The molecule has 1 aromatic carbocycles. The summed E-state index contributed by atoms with van der Waals surface area (Å²) in [4.78, 5) is 11.2. The number of ether oxygens (including phenoxy) is 1. The van der Waals surface area contributed by atoms with Crippen molar-refractivity contribution in [3.8, 4) is 5.75 Å². The lowest BCUT2D eigenvalue weighted by Crippen LogP contribution is -2.31. The molecule has 0 aliphatic carbocycles. The smallest absolute Gasteiger partial charge is 0.342 e. The van der Waals surface area contributed by atoms with Crippen molar-refractivity contribution in [2.75, 3.05) is 12.3 Å². The van der Waals surface area contributed by atoms with Crippen molar-refractivity contribution in [3.05, 3.63) is 23.5 Å². The van der Waals surface area contributed by atoms with Crippen LogP contribution in [0.15, 0.2) is 12.1 Å². The van der Waals surface area contributed by atoms with Crippen LogP contribution < -0.4 is 11.5 Å². The number of alkyl halides is 1. The number of hydrogen-bond acceptors (Lipinski definition) is 5. The van der Waals surface area contributed by atoms with Gasteiger partial charge in [-0.25, -0.2) is 13.6 Å². The van der Waals surface area contributed by atoms with Crippen LogP contribution in [0.25, 0.3) is 0 Å². The monoisotopic (exact) mass is 260 g/mol. The van der Waals surface area contributed by atoms with Crippen LogP contribution in [0.4, 0.5) is 14.5 Å². The molecule has 5 N–H and O–H groups in total. The average molecular weight is 260 g/mol. The number of phenolic OH excluding ortho intramolecular Hbond substituents is 1. The molecule has 5 nitrogen and oxygen atoms in total. The summed E-state index contributed by atoms with van der Waals surface area (Å²) in [6.45, 7) is 1.52. The van der Waals surface area contributed by atoms with Gasteiger partial charge in [0.15, 0.2) is 0 Å². The molecule has 0 aliphatic rings. The second-order valence-electron chi connectivity index (χ2n) is 3.58. The van der Waals surface area contributed by atoms with E-state index in [1.807, 2.05) is 0 Å². The second kappa shape index (κ2) is 5.63. The molecule has 0 saturated carbocycles. The quantitative estimate of drug-likeness (QED) is 0.426. The van der Waals surface area contributed by atoms with Crippen molar-refractivity contribution in [1.82, 2.24) is 0 Å². The molecule has 0 bridgehead atoms. The number of benzene rings is 1. The number of halogens is 2. The van der Waals surface area contributed by atoms with Gasteiger partial charge in [-0.1, -0.05) is 6.07 Å². The lowest BCUT2D eigenvalue weighted by Gasteiger charge is -2.17. The maximum atomic E-state index is 13.6. The maximum absolute atomic E-state index is 13.6. The number of nitrogens with two attached hydrogens (primary N) is 2. The Morgan fingerprint density at radius 3 is 2.72 bits per heavy atom. The molecule has 0 aromatic heterocycles. The van der Waals surface area contributed by atoms with E-state index in [4.69, 9.17) is 11.5 Å². The Hall–Kier alpha value is -1.89. The molecule has 7 heteroatoms. The van der Waals surface area contributed by atoms with Gasteiger partial charge in [-0.05, 0) is 13.0 Å². The lowest BCUT2D eigenvalue weighted by molar-refractivity contribution is -0.149. The van der Waals surface area contributed by atoms with Gasteiger partial charge in [0.05, 0.1) is 12.6 Å². The molecule has 1 unspecified atom stereocenters. The summed E-state index contributed by atoms with van der Waals surface area (Å²) in [5.41, 5.74) is 10.0. The number of aromatic hydroxyl groups is 1. The summed E-state index contributed by atoms with van der Waals surface area (Å²) in [7, 11) is 0. The van der Waals surface area contributed by atoms with Gasteiger partial charge in [-0.2, -0.15) is 0 Å². The molecule has 0 radical (unpaired) electrons. The van der Waals surface area contributed by atoms with Crippen molar-refractivity contribution in [1.29, 1.82) is 0 Å². The molecule has 1 rings (SSSR count). The topological polar surface area (TPSA) is 98.6 Å². The first-order valence-corrected chi connectivity index (χ1v) is 5.23. The van der Waals surface area contributed by atoms with Crippen molar-refractivity contribution in [3.63, 3.8) is 0 Å². The van der Waals surface area contributed by atoms with Gasteiger partial charge in [0.2, 0.25) is 6.17 Å². The number of anilines is 1. The van der Waals surface area contributed by atoms with Gasteiger partial charge >= 0.3 is 5.97 Å². The number of esters is 1. The van der Waals surface area contributed by atoms with Crippen LogP contribution in [0.1, 0.15) is 18.5 Å². The van der Waals surface area contributed by atoms with Crippen molar-refractivity contribution in [2.45, 2.75) is 19.1 Å². The first kappa shape index (κ1) is 14.2. The molecule has 0 spiro atoms. The number of rotatable bonds is 4. The van der Waals surface area contributed by atoms with E-state index in [9.17, 15) is 18.7 Å². The number of carbonyl (C=O) groups excluding carboxylic acids is 1. The average Bonchev–Trinajstić information content (AvgIpc) is 2.35. The molecule has 18 heavy (non-hydrogen) atoms. The molecule has 0 heterocycles. The molecule has 0 amide bonds. The highest BCUT2D eigenvalue weighted by Crippen LogP contribution is 2.33. The third-order valence-corrected chi connectivity index (χ3v) is 2.38. The summed E-state index contributed by atoms with van der Waals surface area (Å²) in [5.74, 6) is -2.67. The number of nitrogen functional groups attached to an aromatic ring is 1. The predicted molar refractivity (Wildman–Crippen MR) is 60.9 cm³/mol. The number of phenols is 1. The zero-order valence-electron chi connectivity index (χ0n) is 9.69. The SMILES string of the molecule is CCOC(=O)C(F)[C@H](N)c1ccc(F)c(N)c1O. The van der Waals surface area contributed by atoms with E-state index in [2.05, 4.69) is 4.74 Å². The Kier molecular flexibility index (Phi) is 4.43. The fourth-order valence-corrected chi connectivity index (χ4v) is 1.40. The Morgan fingerprint density at radius 2 is 2.17 bits per heavy atom. The summed E-state index contributed by atoms with van der Waals surface area (Å²) in [6, 6.07) is 0.520. The Bertz CT molecular complexity index is 454. The largest absolute Gasteiger partial charge is 0.505 e. The van der Waals surface area contributed by atoms with Crippen molar-refractivity contribution >= 4 is 11.7 Å². The van der Waals surface area contributed by atoms with E-state index in [1.54, 1.807) is 0 Å². The summed E-state index contributed by atoms with van der Waals surface area (Å²) in [5, 5.41) is 9.55. The maximum Gasteiger partial charge on any atom is 0.342 e. The summed E-state index contributed by atoms with van der Waals surface area (Å²) < 4.78 is 31.1. The minimum Gasteiger partial charge on any atom is -0.505 e. The molecule has 1 aromatic rings. The minimum atomic E-state index is -2.17. The van der Waals surface area contributed by atoms with Gasteiger partial charge in [0, 0.05) is 5.56 Å². The highest BCUT2D eigenvalue weighted by molar-refractivity contribution is 5.76. The van der Waals surface area contributed by atoms with Gasteiger partial charge in [0.1, 0.15) is 17.3 Å². The van der Waals surface area contributed by atoms with Crippen LogP contribution in [-0.4, -0.2) is 23.9 Å². The van der Waals surface area contributed by atoms with Crippen molar-refractivity contribution in [2.24, 2.45) is 5.73 Å². The third-order valence-electron chi connectivity index (χ3n) is 2.38. The zero-order chi connectivity index (χ0) is 13.9. The molecule has 100 valence electrons. The fraction of sp³-hybridized carbons (Fsp3) is 0.364. The predicted octanol–water partition coefficient (Wildman–Crippen LogP) is 1.01. The molecule has 0 fully saturated rings. The van der Waals surface area contributed by atoms with E-state index in [0.717, 1.165) is 12.1 Å². The molecule has 0 aliphatic heterocycles. The van der Waals surface area contributed by atoms with Crippen LogP contribution >= 0.6 is 0 Å². The van der Waals surface area contributed by atoms with E-state index in [0.29, 0.717) is 0 Å². The third kappa shape index (κ3) is 2.67. The van der Waals surface area contributed by atoms with Crippen LogP contribution in [0, 0.1) is 5.82 Å². The van der Waals surface area contributed by atoms with Crippen LogP contribution in [0.2, 0.25) is 0 Å². The van der Waals surface area contributed by atoms with Gasteiger partial charge in [-0.3, -0.25) is 0 Å². The highest BCUT2D eigenvalue weighted by atomic mass is 19.1. The lowest BCUT2D eigenvalue weighted by atomic mass is 10.0. The van der Waals surface area contributed by atoms with Crippen LogP contribution in [0.5, 0.6) is 5.75 Å². The van der Waals surface area contributed by atoms with Crippen molar-refractivity contribution < 1.29 is 23.4 Å². The zero-order valence-corrected chi connectivity index (χ0v) is 9.69. The Morgan fingerprint density at radius 1 is 1.56 bits per heavy atom. The summed E-state index contributed by atoms with van der Waals surface area (Å²) >= 11 is 0. The Balaban J connectivity index is 3.00. The highest BCUT2D eigenvalue weighted by Gasteiger charge is 2.30. The van der Waals surface area contributed by atoms with Crippen LogP contribution in [-0.2, 0) is 9.53 Å². The molecule has 0 saturated heterocycles. The standard InChI is InChI=1S/C11H14F2N2O3/c1-2-18-11(17)7(13)8(14)5-3-4-6(12)9(15)10(5)16/h3-4,7-8,16H,2,14-15H2,1H3/t7?,8-/m1/s1. The number of carbonyl (C=O) groups is 1. The van der Waals surface area contributed by atoms with E-state index >= 15 is 0 Å². The first-order valence-electron chi connectivity index (χ1n) is 5.23. The van der Waals surface area contributed by atoms with E-state index in [1.165, 1.54) is 6.92 Å². The Labute approximate surface area is 102 Å². The first-order chi connectivity index (χ1) is 8.40. The second-order valence-corrected chi connectivity index (χ2v) is 3.58. The molecule has 2 atom stereocenters. The fourth-order valence-electron chi connectivity index (χ4n) is 1.40. The van der Waals surface area contributed by atoms with Gasteiger partial charge in [-0.15, -0.1) is 0 Å². The molecular weight excluding hydrogens is 246 g/mol. The van der Waals surface area contributed by atoms with E-state index < -0.39 is 35.4 Å².